The molecule has 14 rings (SSSR count). The zero-order chi connectivity index (χ0) is 57.7. The van der Waals surface area contributed by atoms with E-state index in [2.05, 4.69) is 131 Å². The zero-order valence-electron chi connectivity index (χ0n) is 48.7. The predicted molar refractivity (Wildman–Crippen MR) is 349 cm³/mol. The van der Waals surface area contributed by atoms with E-state index in [9.17, 15) is 9.59 Å². The van der Waals surface area contributed by atoms with Crippen molar-refractivity contribution in [2.75, 3.05) is 19.6 Å². The molecule has 86 heavy (non-hydrogen) atoms. The lowest BCUT2D eigenvalue weighted by molar-refractivity contribution is 0.0208. The fourth-order valence-corrected chi connectivity index (χ4v) is 14.5. The van der Waals surface area contributed by atoms with E-state index < -0.39 is 11.2 Å². The van der Waals surface area contributed by atoms with E-state index in [4.69, 9.17) is 19.4 Å². The van der Waals surface area contributed by atoms with Gasteiger partial charge >= 0.3 is 12.2 Å². The molecule has 9 heterocycles. The van der Waals surface area contributed by atoms with Crippen LogP contribution in [0.15, 0.2) is 120 Å². The molecule has 3 saturated heterocycles. The Kier molecular flexibility index (Phi) is 17.3. The summed E-state index contributed by atoms with van der Waals surface area (Å²) in [6, 6.07) is 30.7. The van der Waals surface area contributed by atoms with Gasteiger partial charge in [-0.1, -0.05) is 100 Å². The number of benzene rings is 4. The summed E-state index contributed by atoms with van der Waals surface area (Å²) in [5, 5.41) is 10.3. The number of carbonyl (C=O) groups excluding carboxylic acids is 2. The van der Waals surface area contributed by atoms with Gasteiger partial charge in [-0.25, -0.2) is 29.5 Å². The van der Waals surface area contributed by atoms with Crippen molar-refractivity contribution in [2.24, 2.45) is 0 Å². The number of hydrogen-bond acceptors (Lipinski definition) is 11. The lowest BCUT2D eigenvalue weighted by Gasteiger charge is -2.27. The number of aromatic amines is 4. The fraction of sp³-hybridized carbons (Fsp3) is 0.391. The van der Waals surface area contributed by atoms with Crippen molar-refractivity contribution in [1.29, 1.82) is 0 Å². The second-order valence-electron chi connectivity index (χ2n) is 24.8. The van der Waals surface area contributed by atoms with Crippen LogP contribution in [0.1, 0.15) is 168 Å². The Morgan fingerprint density at radius 3 is 1.34 bits per heavy atom. The number of H-pyrrole nitrogens is 4. The minimum Gasteiger partial charge on any atom is -0.444 e. The lowest BCUT2D eigenvalue weighted by atomic mass is 9.97. The first kappa shape index (κ1) is 59.9. The van der Waals surface area contributed by atoms with Crippen molar-refractivity contribution in [3.05, 3.63) is 144 Å². The molecule has 0 radical (unpaired) electrons. The summed E-state index contributed by atoms with van der Waals surface area (Å²) >= 11 is 3.52. The summed E-state index contributed by atoms with van der Waals surface area (Å²) in [5.41, 5.74) is 12.3. The van der Waals surface area contributed by atoms with Crippen LogP contribution in [-0.4, -0.2) is 92.7 Å². The maximum atomic E-state index is 12.9. The molecule has 15 nitrogen and oxygen atoms in total. The smallest absolute Gasteiger partial charge is 0.410 e. The number of rotatable bonds is 10. The lowest BCUT2D eigenvalue weighted by Crippen LogP contribution is -2.36. The van der Waals surface area contributed by atoms with Crippen LogP contribution in [0, 0.1) is 0 Å². The highest BCUT2D eigenvalue weighted by atomic mass is 32.1. The molecule has 3 aliphatic heterocycles. The van der Waals surface area contributed by atoms with Crippen LogP contribution < -0.4 is 5.32 Å². The van der Waals surface area contributed by atoms with Gasteiger partial charge in [0.1, 0.15) is 34.5 Å². The van der Waals surface area contributed by atoms with Crippen molar-refractivity contribution in [3.8, 4) is 67.3 Å². The number of fused-ring (bicyclic) bond motifs is 2. The molecule has 4 fully saturated rings. The van der Waals surface area contributed by atoms with Gasteiger partial charge in [-0.15, -0.1) is 22.7 Å². The van der Waals surface area contributed by atoms with E-state index in [1.807, 2.05) is 66.3 Å². The predicted octanol–water partition coefficient (Wildman–Crippen LogP) is 18.2. The minimum atomic E-state index is -0.546. The van der Waals surface area contributed by atoms with Gasteiger partial charge in [-0.2, -0.15) is 0 Å². The highest BCUT2D eigenvalue weighted by molar-refractivity contribution is 7.18. The van der Waals surface area contributed by atoms with Gasteiger partial charge in [-0.3, -0.25) is 9.80 Å². The molecular formula is C69H81N11O4S2. The summed E-state index contributed by atoms with van der Waals surface area (Å²) in [6.07, 6.45) is 18.2. The van der Waals surface area contributed by atoms with E-state index in [1.165, 1.54) is 74.5 Å². The van der Waals surface area contributed by atoms with Gasteiger partial charge in [0.05, 0.1) is 65.7 Å². The molecule has 2 amide bonds. The minimum absolute atomic E-state index is 0. The molecular weight excluding hydrogens is 1110 g/mol. The van der Waals surface area contributed by atoms with Crippen molar-refractivity contribution in [3.63, 3.8) is 0 Å². The summed E-state index contributed by atoms with van der Waals surface area (Å²) in [5.74, 6) is 4.38. The number of nitrogens with one attached hydrogen (secondary N) is 5. The van der Waals surface area contributed by atoms with Crippen LogP contribution >= 0.6 is 22.7 Å². The quantitative estimate of drug-likeness (QED) is 0.0888. The molecule has 4 aliphatic rings. The average molecular weight is 1190 g/mol. The molecule has 5 N–H and O–H groups in total. The average Bonchev–Trinajstić information content (AvgIpc) is 2.08. The molecule has 3 atom stereocenters. The Morgan fingerprint density at radius 2 is 0.872 bits per heavy atom. The van der Waals surface area contributed by atoms with Crippen molar-refractivity contribution >= 4 is 55.0 Å². The van der Waals surface area contributed by atoms with Crippen molar-refractivity contribution in [1.82, 2.24) is 55.0 Å². The van der Waals surface area contributed by atoms with Crippen LogP contribution in [-0.2, 0) is 9.47 Å². The Morgan fingerprint density at radius 1 is 0.465 bits per heavy atom. The Hall–Kier alpha value is -7.86. The third-order valence-corrected chi connectivity index (χ3v) is 18.6. The van der Waals surface area contributed by atoms with Gasteiger partial charge < -0.3 is 34.7 Å². The maximum Gasteiger partial charge on any atom is 0.410 e. The van der Waals surface area contributed by atoms with Crippen LogP contribution in [0.4, 0.5) is 9.59 Å². The van der Waals surface area contributed by atoms with E-state index in [0.717, 1.165) is 107 Å². The number of thiophene rings is 2. The van der Waals surface area contributed by atoms with E-state index in [1.54, 1.807) is 32.5 Å². The standard InChI is InChI=1S/C38H44N6O4S.C29H29N5S.2CH4/c1-37(2,3)47-35(45)43-18-7-9-30(43)33-39-21-28(41-33)24-13-11-23(12-14-24)25-15-16-27(32-26(25)17-20-49-32)29-22-40-34(42-29)31-10-8-19-44(31)36(46)48-38(4,5)6;1-2-5-20(4-1)28-31-17-26(34-28)23-12-11-21(22-13-15-35-27(22)23)18-7-9-19(10-8-18)25-16-32-29(33-25)24-6-3-14-30-24;;/h11-17,20-22,30-31H,7-10,18-19H2,1-6H3,(H,39,41)(H,40,42);7-13,15-17,20,24,30H,1-6,14H2,(H,31,34)(H,32,33);2*1H4/t30-,31-;24-;;/m00../s1. The SMILES string of the molecule is C.C.CC(C)(C)OC(=O)N1CCC[C@H]1c1ncc(-c2ccc(-c3ccc(-c4cnc([C@@H]5CCCN5C(=O)OC(C)(C)C)[nH]4)c4sccc34)cc2)[nH]1.c1cc2c(-c3ccc(-c4cnc([C@@H]5CCCN5)[nH]4)cc3)ccc(-c3cnc(C4CCCC4)[nH]3)c2s1. The molecule has 1 saturated carbocycles. The van der Waals surface area contributed by atoms with E-state index >= 15 is 0 Å². The summed E-state index contributed by atoms with van der Waals surface area (Å²) in [7, 11) is 0. The third-order valence-electron chi connectivity index (χ3n) is 16.7. The summed E-state index contributed by atoms with van der Waals surface area (Å²) in [4.78, 5) is 62.3. The number of hydrogen-bond donors (Lipinski definition) is 5. The van der Waals surface area contributed by atoms with Gasteiger partial charge in [0.2, 0.25) is 0 Å². The van der Waals surface area contributed by atoms with Crippen LogP contribution in [0.5, 0.6) is 0 Å². The van der Waals surface area contributed by atoms with Crippen LogP contribution in [0.2, 0.25) is 0 Å². The maximum absolute atomic E-state index is 12.9. The number of nitrogens with zero attached hydrogens (tertiary/aromatic N) is 6. The molecule has 1 aliphatic carbocycles. The molecule has 10 aromatic rings. The fourth-order valence-electron chi connectivity index (χ4n) is 12.6. The van der Waals surface area contributed by atoms with E-state index in [-0.39, 0.29) is 39.1 Å². The molecule has 6 aromatic heterocycles. The van der Waals surface area contributed by atoms with E-state index in [0.29, 0.717) is 25.0 Å². The number of imidazole rings is 4. The second kappa shape index (κ2) is 24.9. The number of likely N-dealkylation sites (tertiary alicyclic amines) is 2. The first-order valence-electron chi connectivity index (χ1n) is 29.8. The Labute approximate surface area is 512 Å². The largest absolute Gasteiger partial charge is 0.444 e. The normalized spacial score (nSPS) is 18.1. The zero-order valence-corrected chi connectivity index (χ0v) is 50.3. The summed E-state index contributed by atoms with van der Waals surface area (Å²) in [6.45, 7) is 13.7. The highest BCUT2D eigenvalue weighted by Gasteiger charge is 2.37. The van der Waals surface area contributed by atoms with Gasteiger partial charge in [-0.05, 0) is 156 Å². The first-order chi connectivity index (χ1) is 40.7. The molecule has 0 spiro atoms. The number of ether oxygens (including phenoxy) is 2. The first-order valence-corrected chi connectivity index (χ1v) is 31.6. The topological polar surface area (TPSA) is 186 Å². The van der Waals surface area contributed by atoms with Crippen molar-refractivity contribution < 1.29 is 19.1 Å². The van der Waals surface area contributed by atoms with Crippen LogP contribution in [0.3, 0.4) is 0 Å². The highest BCUT2D eigenvalue weighted by Crippen LogP contribution is 2.43. The Bertz CT molecular complexity index is 3950. The molecule has 4 aromatic carbocycles. The molecule has 17 heteroatoms. The molecule has 0 bridgehead atoms. The monoisotopic (exact) mass is 1190 g/mol. The van der Waals surface area contributed by atoms with Crippen molar-refractivity contribution in [2.45, 2.75) is 156 Å². The van der Waals surface area contributed by atoms with Gasteiger partial charge in [0.15, 0.2) is 0 Å². The van der Waals surface area contributed by atoms with Gasteiger partial charge in [0, 0.05) is 50.3 Å². The molecule has 0 unspecified atom stereocenters. The number of amides is 2. The van der Waals surface area contributed by atoms with Crippen LogP contribution in [0.25, 0.3) is 87.5 Å². The summed E-state index contributed by atoms with van der Waals surface area (Å²) < 4.78 is 13.8. The third kappa shape index (κ3) is 12.4. The Balaban J connectivity index is 0.000000183. The number of carbonyl (C=O) groups is 2. The number of aromatic nitrogens is 8. The molecule has 448 valence electrons. The van der Waals surface area contributed by atoms with Gasteiger partial charge in [0.25, 0.3) is 0 Å². The second-order valence-corrected chi connectivity index (χ2v) is 26.7.